The smallest absolute Gasteiger partial charge is 0.317 e. The van der Waals surface area contributed by atoms with Crippen LogP contribution in [0.25, 0.3) is 10.9 Å². The maximum absolute atomic E-state index is 10.7. The van der Waals surface area contributed by atoms with Crippen LogP contribution in [0.15, 0.2) is 30.5 Å². The molecule has 10 heteroatoms. The molecule has 2 aromatic rings. The van der Waals surface area contributed by atoms with Gasteiger partial charge in [0, 0.05) is 24.0 Å². The molecule has 0 atom stereocenters. The molecule has 0 saturated carbocycles. The lowest BCUT2D eigenvalue weighted by molar-refractivity contribution is -0.144. The molecule has 0 aliphatic carbocycles. The first-order chi connectivity index (χ1) is 12.2. The van der Waals surface area contributed by atoms with Crippen LogP contribution in [0.4, 0.5) is 0 Å². The summed E-state index contributed by atoms with van der Waals surface area (Å²) in [6, 6.07) is 7.67. The molecular weight excluding hydrogens is 348 g/mol. The monoisotopic (exact) mass is 366 g/mol. The second-order valence-electron chi connectivity index (χ2n) is 5.12. The highest BCUT2D eigenvalue weighted by Crippen LogP contribution is 2.24. The van der Waals surface area contributed by atoms with Gasteiger partial charge in [0.25, 0.3) is 0 Å². The number of carbonyl (C=O) groups excluding carboxylic acids is 1. The summed E-state index contributed by atoms with van der Waals surface area (Å²) < 4.78 is 5.00. The SMILES string of the molecule is CC(=O)Oc1c[nH]c2ccccc12.O=C(O)CN(CC(=O)O)CC(=O)O. The van der Waals surface area contributed by atoms with Crippen LogP contribution in [0.3, 0.4) is 0 Å². The number of hydrogen-bond acceptors (Lipinski definition) is 6. The number of nitrogens with one attached hydrogen (secondary N) is 1. The van der Waals surface area contributed by atoms with Gasteiger partial charge in [-0.1, -0.05) is 12.1 Å². The van der Waals surface area contributed by atoms with Crippen molar-refractivity contribution in [2.75, 3.05) is 19.6 Å². The number of ether oxygens (including phenoxy) is 1. The lowest BCUT2D eigenvalue weighted by Gasteiger charge is -2.14. The van der Waals surface area contributed by atoms with E-state index in [2.05, 4.69) is 4.98 Å². The van der Waals surface area contributed by atoms with Crippen LogP contribution >= 0.6 is 0 Å². The van der Waals surface area contributed by atoms with E-state index in [9.17, 15) is 19.2 Å². The Kier molecular flexibility index (Phi) is 7.77. The van der Waals surface area contributed by atoms with Gasteiger partial charge in [-0.25, -0.2) is 0 Å². The van der Waals surface area contributed by atoms with E-state index in [4.69, 9.17) is 20.1 Å². The first-order valence-corrected chi connectivity index (χ1v) is 7.31. The van der Waals surface area contributed by atoms with E-state index >= 15 is 0 Å². The summed E-state index contributed by atoms with van der Waals surface area (Å²) in [6.07, 6.45) is 1.69. The number of carboxylic acid groups (broad SMARTS) is 3. The molecule has 140 valence electrons. The van der Waals surface area contributed by atoms with Gasteiger partial charge in [-0.15, -0.1) is 0 Å². The topological polar surface area (TPSA) is 157 Å². The molecule has 0 saturated heterocycles. The summed E-state index contributed by atoms with van der Waals surface area (Å²) in [7, 11) is 0. The van der Waals surface area contributed by atoms with Crippen molar-refractivity contribution < 1.29 is 39.2 Å². The summed E-state index contributed by atoms with van der Waals surface area (Å²) in [5.41, 5.74) is 0.971. The van der Waals surface area contributed by atoms with E-state index in [1.807, 2.05) is 24.3 Å². The fourth-order valence-electron chi connectivity index (χ4n) is 2.03. The van der Waals surface area contributed by atoms with Crippen molar-refractivity contribution >= 4 is 34.8 Å². The van der Waals surface area contributed by atoms with Crippen molar-refractivity contribution in [1.29, 1.82) is 0 Å². The number of carboxylic acids is 3. The van der Waals surface area contributed by atoms with Crippen molar-refractivity contribution in [3.05, 3.63) is 30.5 Å². The van der Waals surface area contributed by atoms with E-state index in [0.29, 0.717) is 5.75 Å². The minimum Gasteiger partial charge on any atom is -0.480 e. The van der Waals surface area contributed by atoms with Crippen molar-refractivity contribution in [2.24, 2.45) is 0 Å². The zero-order chi connectivity index (χ0) is 19.7. The van der Waals surface area contributed by atoms with Gasteiger partial charge in [-0.05, 0) is 12.1 Å². The van der Waals surface area contributed by atoms with Gasteiger partial charge < -0.3 is 25.0 Å². The van der Waals surface area contributed by atoms with Gasteiger partial charge in [-0.3, -0.25) is 24.1 Å². The zero-order valence-electron chi connectivity index (χ0n) is 13.8. The van der Waals surface area contributed by atoms with E-state index in [-0.39, 0.29) is 5.97 Å². The molecule has 1 aromatic heterocycles. The second kappa shape index (κ2) is 9.79. The first-order valence-electron chi connectivity index (χ1n) is 7.31. The number of benzene rings is 1. The number of fused-ring (bicyclic) bond motifs is 1. The fourth-order valence-corrected chi connectivity index (χ4v) is 2.03. The van der Waals surface area contributed by atoms with Crippen LogP contribution in [-0.2, 0) is 19.2 Å². The third-order valence-corrected chi connectivity index (χ3v) is 2.88. The molecule has 0 aliphatic rings. The minimum atomic E-state index is -1.26. The molecule has 0 unspecified atom stereocenters. The Bertz CT molecular complexity index is 760. The highest BCUT2D eigenvalue weighted by atomic mass is 16.5. The number of aliphatic carboxylic acids is 3. The van der Waals surface area contributed by atoms with Crippen LogP contribution < -0.4 is 4.74 Å². The number of hydrogen-bond donors (Lipinski definition) is 4. The van der Waals surface area contributed by atoms with Crippen LogP contribution in [0.5, 0.6) is 5.75 Å². The standard InChI is InChI=1S/C10H9NO2.C6H9NO6/c1-7(12)13-10-6-11-9-5-3-2-4-8(9)10;8-4(9)1-7(2-5(10)11)3-6(12)13/h2-6,11H,1H3;1-3H2,(H,8,9)(H,10,11)(H,12,13). The van der Waals surface area contributed by atoms with Crippen molar-refractivity contribution in [3.8, 4) is 5.75 Å². The van der Waals surface area contributed by atoms with Crippen molar-refractivity contribution in [2.45, 2.75) is 6.92 Å². The highest BCUT2D eigenvalue weighted by Gasteiger charge is 2.15. The summed E-state index contributed by atoms with van der Waals surface area (Å²) >= 11 is 0. The highest BCUT2D eigenvalue weighted by molar-refractivity contribution is 5.88. The minimum absolute atomic E-state index is 0.301. The van der Waals surface area contributed by atoms with Crippen LogP contribution in [0.2, 0.25) is 0 Å². The predicted octanol–water partition coefficient (Wildman–Crippen LogP) is 0.635. The molecule has 0 radical (unpaired) electrons. The van der Waals surface area contributed by atoms with Crippen molar-refractivity contribution in [1.82, 2.24) is 9.88 Å². The maximum Gasteiger partial charge on any atom is 0.317 e. The Hall–Kier alpha value is -3.40. The van der Waals surface area contributed by atoms with Crippen LogP contribution in [0, 0.1) is 0 Å². The summed E-state index contributed by atoms with van der Waals surface area (Å²) in [4.78, 5) is 45.0. The number of rotatable bonds is 7. The zero-order valence-corrected chi connectivity index (χ0v) is 13.8. The summed E-state index contributed by atoms with van der Waals surface area (Å²) in [5.74, 6) is -3.50. The van der Waals surface area contributed by atoms with E-state index in [0.717, 1.165) is 15.8 Å². The molecule has 4 N–H and O–H groups in total. The third kappa shape index (κ3) is 7.45. The third-order valence-electron chi connectivity index (χ3n) is 2.88. The number of carbonyl (C=O) groups is 4. The molecule has 1 aromatic carbocycles. The number of aromatic nitrogens is 1. The van der Waals surface area contributed by atoms with Gasteiger partial charge in [0.15, 0.2) is 5.75 Å². The lowest BCUT2D eigenvalue weighted by atomic mass is 10.2. The normalized spacial score (nSPS) is 10.1. The number of aromatic amines is 1. The molecule has 0 spiro atoms. The number of esters is 1. The Morgan fingerprint density at radius 2 is 1.46 bits per heavy atom. The average molecular weight is 366 g/mol. The second-order valence-corrected chi connectivity index (χ2v) is 5.12. The van der Waals surface area contributed by atoms with E-state index < -0.39 is 37.5 Å². The number of nitrogens with zero attached hydrogens (tertiary/aromatic N) is 1. The van der Waals surface area contributed by atoms with Gasteiger partial charge in [0.05, 0.1) is 19.6 Å². The van der Waals surface area contributed by atoms with E-state index in [1.165, 1.54) is 6.92 Å². The molecule has 0 amide bonds. The Morgan fingerprint density at radius 1 is 0.962 bits per heavy atom. The maximum atomic E-state index is 10.7. The fraction of sp³-hybridized carbons (Fsp3) is 0.250. The molecule has 1 heterocycles. The van der Waals surface area contributed by atoms with Gasteiger partial charge >= 0.3 is 23.9 Å². The quantitative estimate of drug-likeness (QED) is 0.516. The molecule has 26 heavy (non-hydrogen) atoms. The largest absolute Gasteiger partial charge is 0.480 e. The predicted molar refractivity (Wildman–Crippen MR) is 89.0 cm³/mol. The summed E-state index contributed by atoms with van der Waals surface area (Å²) in [6.45, 7) is -0.405. The Balaban J connectivity index is 0.000000260. The summed E-state index contributed by atoms with van der Waals surface area (Å²) in [5, 5.41) is 25.8. The van der Waals surface area contributed by atoms with Crippen LogP contribution in [0.1, 0.15) is 6.92 Å². The van der Waals surface area contributed by atoms with Gasteiger partial charge in [0.2, 0.25) is 0 Å². The number of para-hydroxylation sites is 1. The lowest BCUT2D eigenvalue weighted by Crippen LogP contribution is -2.38. The Morgan fingerprint density at radius 3 is 1.92 bits per heavy atom. The van der Waals surface area contributed by atoms with Crippen LogP contribution in [-0.4, -0.2) is 68.7 Å². The first kappa shape index (κ1) is 20.6. The molecule has 0 aliphatic heterocycles. The Labute approximate surface area is 147 Å². The molecule has 0 bridgehead atoms. The molecule has 10 nitrogen and oxygen atoms in total. The van der Waals surface area contributed by atoms with Gasteiger partial charge in [-0.2, -0.15) is 0 Å². The molecule has 0 fully saturated rings. The molecule has 2 rings (SSSR count). The average Bonchev–Trinajstić information content (AvgIpc) is 2.88. The number of H-pyrrole nitrogens is 1. The van der Waals surface area contributed by atoms with Gasteiger partial charge in [0.1, 0.15) is 0 Å². The van der Waals surface area contributed by atoms with E-state index in [1.54, 1.807) is 6.20 Å². The van der Waals surface area contributed by atoms with Crippen molar-refractivity contribution in [3.63, 3.8) is 0 Å². The molecular formula is C16H18N2O8.